The highest BCUT2D eigenvalue weighted by Gasteiger charge is 2.17. The van der Waals surface area contributed by atoms with Crippen LogP contribution in [-0.4, -0.2) is 45.4 Å². The predicted molar refractivity (Wildman–Crippen MR) is 96.7 cm³/mol. The number of carbonyl (C=O) groups is 1. The molecule has 5 nitrogen and oxygen atoms in total. The van der Waals surface area contributed by atoms with Crippen LogP contribution in [0.15, 0.2) is 73.1 Å². The summed E-state index contributed by atoms with van der Waals surface area (Å²) >= 11 is 0. The summed E-state index contributed by atoms with van der Waals surface area (Å²) in [5.74, 6) is -0.118. The van der Waals surface area contributed by atoms with E-state index in [9.17, 15) is 9.90 Å². The molecule has 1 aromatic heterocycles. The van der Waals surface area contributed by atoms with E-state index >= 15 is 0 Å². The van der Waals surface area contributed by atoms with Gasteiger partial charge in [-0.05, 0) is 24.1 Å². The Hall–Kier alpha value is -2.92. The number of hydrogen-bond acceptors (Lipinski definition) is 3. The van der Waals surface area contributed by atoms with Gasteiger partial charge in [0.05, 0.1) is 24.1 Å². The molecule has 0 aliphatic rings. The monoisotopic (exact) mass is 335 g/mol. The second-order valence-electron chi connectivity index (χ2n) is 5.76. The quantitative estimate of drug-likeness (QED) is 0.722. The molecule has 5 heteroatoms. The smallest absolute Gasteiger partial charge is 0.257 e. The highest BCUT2D eigenvalue weighted by molar-refractivity contribution is 5.93. The van der Waals surface area contributed by atoms with E-state index in [-0.39, 0.29) is 12.5 Å². The highest BCUT2D eigenvalue weighted by Crippen LogP contribution is 2.11. The lowest BCUT2D eigenvalue weighted by Gasteiger charge is -2.21. The summed E-state index contributed by atoms with van der Waals surface area (Å²) in [6, 6.07) is 19.7. The van der Waals surface area contributed by atoms with Crippen LogP contribution in [0.1, 0.15) is 15.9 Å². The van der Waals surface area contributed by atoms with Gasteiger partial charge in [-0.2, -0.15) is 5.10 Å². The summed E-state index contributed by atoms with van der Waals surface area (Å²) in [5.41, 5.74) is 2.59. The zero-order valence-corrected chi connectivity index (χ0v) is 14.0. The van der Waals surface area contributed by atoms with Crippen molar-refractivity contribution in [2.24, 2.45) is 0 Å². The molecule has 1 amide bonds. The van der Waals surface area contributed by atoms with Crippen LogP contribution in [0.5, 0.6) is 0 Å². The van der Waals surface area contributed by atoms with Gasteiger partial charge in [0.2, 0.25) is 0 Å². The third kappa shape index (κ3) is 4.33. The molecular formula is C20H21N3O2. The fraction of sp³-hybridized carbons (Fsp3) is 0.200. The van der Waals surface area contributed by atoms with Crippen molar-refractivity contribution in [1.29, 1.82) is 0 Å². The van der Waals surface area contributed by atoms with Gasteiger partial charge in [0.1, 0.15) is 0 Å². The van der Waals surface area contributed by atoms with Gasteiger partial charge in [-0.3, -0.25) is 4.79 Å². The van der Waals surface area contributed by atoms with E-state index in [1.54, 1.807) is 22.0 Å². The molecule has 3 aromatic rings. The fourth-order valence-electron chi connectivity index (χ4n) is 2.68. The van der Waals surface area contributed by atoms with E-state index in [0.717, 1.165) is 12.1 Å². The standard InChI is InChI=1S/C20H21N3O2/c24-14-13-22(12-11-17-7-3-1-4-8-17)20(25)18-15-21-23(16-18)19-9-5-2-6-10-19/h1-10,15-16,24H,11-14H2. The Morgan fingerprint density at radius 1 is 1.00 bits per heavy atom. The summed E-state index contributed by atoms with van der Waals surface area (Å²) in [4.78, 5) is 14.4. The van der Waals surface area contributed by atoms with E-state index in [2.05, 4.69) is 5.10 Å². The minimum Gasteiger partial charge on any atom is -0.395 e. The highest BCUT2D eigenvalue weighted by atomic mass is 16.3. The molecule has 128 valence electrons. The number of hydrogen-bond donors (Lipinski definition) is 1. The molecule has 0 spiro atoms. The van der Waals surface area contributed by atoms with Crippen molar-refractivity contribution in [3.8, 4) is 5.69 Å². The average molecular weight is 335 g/mol. The van der Waals surface area contributed by atoms with Crippen LogP contribution in [0, 0.1) is 0 Å². The largest absolute Gasteiger partial charge is 0.395 e. The third-order valence-corrected chi connectivity index (χ3v) is 4.02. The number of aliphatic hydroxyl groups is 1. The molecular weight excluding hydrogens is 314 g/mol. The fourth-order valence-corrected chi connectivity index (χ4v) is 2.68. The first-order valence-electron chi connectivity index (χ1n) is 8.32. The summed E-state index contributed by atoms with van der Waals surface area (Å²) in [7, 11) is 0. The molecule has 1 N–H and O–H groups in total. The maximum Gasteiger partial charge on any atom is 0.257 e. The van der Waals surface area contributed by atoms with E-state index < -0.39 is 0 Å². The normalized spacial score (nSPS) is 10.6. The lowest BCUT2D eigenvalue weighted by atomic mass is 10.1. The lowest BCUT2D eigenvalue weighted by molar-refractivity contribution is 0.0724. The van der Waals surface area contributed by atoms with Gasteiger partial charge in [0.25, 0.3) is 5.91 Å². The molecule has 0 unspecified atom stereocenters. The molecule has 3 rings (SSSR count). The van der Waals surface area contributed by atoms with E-state index in [1.165, 1.54) is 5.56 Å². The summed E-state index contributed by atoms with van der Waals surface area (Å²) < 4.78 is 1.68. The number of benzene rings is 2. The Morgan fingerprint density at radius 3 is 2.36 bits per heavy atom. The first-order valence-corrected chi connectivity index (χ1v) is 8.32. The van der Waals surface area contributed by atoms with Gasteiger partial charge in [-0.25, -0.2) is 4.68 Å². The van der Waals surface area contributed by atoms with Crippen molar-refractivity contribution >= 4 is 5.91 Å². The van der Waals surface area contributed by atoms with E-state index in [1.807, 2.05) is 60.7 Å². The maximum absolute atomic E-state index is 12.8. The van der Waals surface area contributed by atoms with Gasteiger partial charge in [-0.1, -0.05) is 48.5 Å². The molecule has 0 bridgehead atoms. The van der Waals surface area contributed by atoms with Crippen molar-refractivity contribution in [3.63, 3.8) is 0 Å². The van der Waals surface area contributed by atoms with Crippen LogP contribution in [-0.2, 0) is 6.42 Å². The number of carbonyl (C=O) groups excluding carboxylic acids is 1. The Labute approximate surface area is 147 Å². The minimum absolute atomic E-state index is 0.0622. The Balaban J connectivity index is 1.71. The Morgan fingerprint density at radius 2 is 1.68 bits per heavy atom. The van der Waals surface area contributed by atoms with Crippen LogP contribution in [0.2, 0.25) is 0 Å². The lowest BCUT2D eigenvalue weighted by Crippen LogP contribution is -2.35. The predicted octanol–water partition coefficient (Wildman–Crippen LogP) is 2.55. The maximum atomic E-state index is 12.8. The summed E-state index contributed by atoms with van der Waals surface area (Å²) in [5, 5.41) is 13.6. The van der Waals surface area contributed by atoms with Gasteiger partial charge < -0.3 is 10.0 Å². The van der Waals surface area contributed by atoms with Crippen LogP contribution in [0.3, 0.4) is 0 Å². The number of para-hydroxylation sites is 1. The number of rotatable bonds is 7. The van der Waals surface area contributed by atoms with E-state index in [4.69, 9.17) is 0 Å². The molecule has 0 fully saturated rings. The molecule has 0 atom stereocenters. The summed E-state index contributed by atoms with van der Waals surface area (Å²) in [6.45, 7) is 0.801. The van der Waals surface area contributed by atoms with Gasteiger partial charge in [0.15, 0.2) is 0 Å². The van der Waals surface area contributed by atoms with Crippen molar-refractivity contribution in [2.45, 2.75) is 6.42 Å². The topological polar surface area (TPSA) is 58.4 Å². The molecule has 2 aromatic carbocycles. The van der Waals surface area contributed by atoms with Gasteiger partial charge in [0, 0.05) is 19.3 Å². The number of nitrogens with zero attached hydrogens (tertiary/aromatic N) is 3. The molecule has 0 radical (unpaired) electrons. The number of aliphatic hydroxyl groups excluding tert-OH is 1. The molecule has 1 heterocycles. The molecule has 0 aliphatic heterocycles. The summed E-state index contributed by atoms with van der Waals surface area (Å²) in [6.07, 6.45) is 4.05. The van der Waals surface area contributed by atoms with Crippen LogP contribution in [0.4, 0.5) is 0 Å². The SMILES string of the molecule is O=C(c1cnn(-c2ccccc2)c1)N(CCO)CCc1ccccc1. The zero-order chi connectivity index (χ0) is 17.5. The first-order chi connectivity index (χ1) is 12.3. The molecule has 25 heavy (non-hydrogen) atoms. The van der Waals surface area contributed by atoms with Gasteiger partial charge >= 0.3 is 0 Å². The Kier molecular flexibility index (Phi) is 5.59. The van der Waals surface area contributed by atoms with Crippen LogP contribution >= 0.6 is 0 Å². The molecule has 0 saturated carbocycles. The number of amides is 1. The van der Waals surface area contributed by atoms with Crippen LogP contribution < -0.4 is 0 Å². The minimum atomic E-state index is -0.118. The zero-order valence-electron chi connectivity index (χ0n) is 14.0. The average Bonchev–Trinajstić information content (AvgIpc) is 3.16. The van der Waals surface area contributed by atoms with E-state index in [0.29, 0.717) is 18.7 Å². The first kappa shape index (κ1) is 16.9. The van der Waals surface area contributed by atoms with Crippen molar-refractivity contribution in [1.82, 2.24) is 14.7 Å². The Bertz CT molecular complexity index is 800. The van der Waals surface area contributed by atoms with Crippen molar-refractivity contribution < 1.29 is 9.90 Å². The van der Waals surface area contributed by atoms with Gasteiger partial charge in [-0.15, -0.1) is 0 Å². The van der Waals surface area contributed by atoms with Crippen molar-refractivity contribution in [2.75, 3.05) is 19.7 Å². The number of aromatic nitrogens is 2. The van der Waals surface area contributed by atoms with Crippen LogP contribution in [0.25, 0.3) is 5.69 Å². The molecule has 0 aliphatic carbocycles. The molecule has 0 saturated heterocycles. The van der Waals surface area contributed by atoms with Crippen molar-refractivity contribution in [3.05, 3.63) is 84.2 Å². The second-order valence-corrected chi connectivity index (χ2v) is 5.76. The second kappa shape index (κ2) is 8.26. The third-order valence-electron chi connectivity index (χ3n) is 4.02.